The van der Waals surface area contributed by atoms with Crippen LogP contribution < -0.4 is 0 Å². The molecule has 1 aliphatic heterocycles. The molecule has 0 aliphatic carbocycles. The summed E-state index contributed by atoms with van der Waals surface area (Å²) in [5.41, 5.74) is 0. The number of ether oxygens (including phenoxy) is 1. The molecule has 0 saturated carbocycles. The van der Waals surface area contributed by atoms with Crippen LogP contribution in [-0.2, 0) is 14.3 Å². The van der Waals surface area contributed by atoms with Crippen LogP contribution in [0.1, 0.15) is 26.7 Å². The van der Waals surface area contributed by atoms with Gasteiger partial charge in [-0.05, 0) is 19.3 Å². The third-order valence-electron chi connectivity index (χ3n) is 2.33. The van der Waals surface area contributed by atoms with Gasteiger partial charge in [-0.3, -0.25) is 9.59 Å². The molecule has 1 aliphatic rings. The molecular formula is C10H14O3. The summed E-state index contributed by atoms with van der Waals surface area (Å²) in [4.78, 5) is 22.0. The number of carbonyl (C=O) groups excluding carboxylic acids is 2. The molecule has 0 radical (unpaired) electrons. The predicted octanol–water partition coefficient (Wildman–Crippen LogP) is 1.68. The fourth-order valence-corrected chi connectivity index (χ4v) is 1.62. The molecule has 1 saturated heterocycles. The minimum Gasteiger partial charge on any atom is -0.393 e. The number of hydrogen-bond acceptors (Lipinski definition) is 3. The second-order valence-electron chi connectivity index (χ2n) is 3.20. The highest BCUT2D eigenvalue weighted by molar-refractivity contribution is 5.94. The molecule has 2 atom stereocenters. The minimum absolute atomic E-state index is 0.143. The van der Waals surface area contributed by atoms with Gasteiger partial charge in [-0.2, -0.15) is 0 Å². The van der Waals surface area contributed by atoms with Crippen LogP contribution >= 0.6 is 0 Å². The van der Waals surface area contributed by atoms with Gasteiger partial charge in [-0.15, -0.1) is 0 Å². The van der Waals surface area contributed by atoms with Crippen molar-refractivity contribution in [1.29, 1.82) is 0 Å². The minimum atomic E-state index is -0.391. The lowest BCUT2D eigenvalue weighted by Gasteiger charge is -2.12. The first kappa shape index (κ1) is 9.96. The molecule has 1 rings (SSSR count). The van der Waals surface area contributed by atoms with Gasteiger partial charge in [-0.1, -0.05) is 19.1 Å². The average molecular weight is 182 g/mol. The van der Waals surface area contributed by atoms with Crippen LogP contribution in [0, 0.1) is 11.8 Å². The van der Waals surface area contributed by atoms with E-state index in [4.69, 9.17) is 0 Å². The molecule has 0 amide bonds. The van der Waals surface area contributed by atoms with E-state index in [1.165, 1.54) is 0 Å². The van der Waals surface area contributed by atoms with Crippen molar-refractivity contribution in [2.24, 2.45) is 11.8 Å². The first-order valence-corrected chi connectivity index (χ1v) is 4.56. The molecule has 0 spiro atoms. The van der Waals surface area contributed by atoms with Gasteiger partial charge in [0.15, 0.2) is 0 Å². The molecule has 2 unspecified atom stereocenters. The van der Waals surface area contributed by atoms with E-state index in [0.29, 0.717) is 0 Å². The predicted molar refractivity (Wildman–Crippen MR) is 47.8 cm³/mol. The number of esters is 2. The van der Waals surface area contributed by atoms with E-state index in [2.05, 4.69) is 4.74 Å². The lowest BCUT2D eigenvalue weighted by Crippen LogP contribution is -2.16. The molecule has 72 valence electrons. The number of allylic oxidation sites excluding steroid dienone is 2. The summed E-state index contributed by atoms with van der Waals surface area (Å²) in [6.45, 7) is 3.91. The number of cyclic esters (lactones) is 2. The zero-order chi connectivity index (χ0) is 9.84. The van der Waals surface area contributed by atoms with Crippen molar-refractivity contribution in [2.45, 2.75) is 26.7 Å². The zero-order valence-electron chi connectivity index (χ0n) is 7.95. The maximum Gasteiger partial charge on any atom is 0.317 e. The first-order valence-electron chi connectivity index (χ1n) is 4.56. The van der Waals surface area contributed by atoms with Gasteiger partial charge >= 0.3 is 11.9 Å². The Labute approximate surface area is 77.8 Å². The standard InChI is InChI=1S/C10H14O3/c1-3-5-7(4-2)8-6-9(11)13-10(8)12/h3,5,7-8H,4,6H2,1-2H3. The van der Waals surface area contributed by atoms with Crippen molar-refractivity contribution in [3.8, 4) is 0 Å². The molecule has 3 heteroatoms. The Morgan fingerprint density at radius 2 is 2.31 bits per heavy atom. The summed E-state index contributed by atoms with van der Waals surface area (Å²) < 4.78 is 4.49. The molecule has 0 aromatic carbocycles. The number of hydrogen-bond donors (Lipinski definition) is 0. The normalized spacial score (nSPS) is 25.2. The van der Waals surface area contributed by atoms with Gasteiger partial charge in [0.05, 0.1) is 12.3 Å². The van der Waals surface area contributed by atoms with Crippen molar-refractivity contribution < 1.29 is 14.3 Å². The summed E-state index contributed by atoms with van der Waals surface area (Å²) in [5.74, 6) is -0.870. The molecule has 0 aromatic rings. The Balaban J connectivity index is 2.69. The lowest BCUT2D eigenvalue weighted by molar-refractivity contribution is -0.153. The highest BCUT2D eigenvalue weighted by Gasteiger charge is 2.37. The van der Waals surface area contributed by atoms with Gasteiger partial charge in [-0.25, -0.2) is 0 Å². The Kier molecular flexibility index (Phi) is 3.23. The molecule has 1 fully saturated rings. The Hall–Kier alpha value is -1.12. The lowest BCUT2D eigenvalue weighted by atomic mass is 9.88. The van der Waals surface area contributed by atoms with Gasteiger partial charge in [0.2, 0.25) is 0 Å². The van der Waals surface area contributed by atoms with Crippen molar-refractivity contribution >= 4 is 11.9 Å². The van der Waals surface area contributed by atoms with E-state index in [1.807, 2.05) is 26.0 Å². The van der Waals surface area contributed by atoms with Crippen molar-refractivity contribution in [1.82, 2.24) is 0 Å². The summed E-state index contributed by atoms with van der Waals surface area (Å²) in [5, 5.41) is 0. The summed E-state index contributed by atoms with van der Waals surface area (Å²) in [7, 11) is 0. The van der Waals surface area contributed by atoms with E-state index in [1.54, 1.807) is 0 Å². The highest BCUT2D eigenvalue weighted by atomic mass is 16.6. The molecule has 0 aromatic heterocycles. The molecule has 0 bridgehead atoms. The maximum atomic E-state index is 11.2. The summed E-state index contributed by atoms with van der Waals surface area (Å²) in [6.07, 6.45) is 4.97. The number of rotatable bonds is 3. The van der Waals surface area contributed by atoms with Crippen LogP contribution in [0.15, 0.2) is 12.2 Å². The average Bonchev–Trinajstić information content (AvgIpc) is 2.41. The Morgan fingerprint density at radius 1 is 1.62 bits per heavy atom. The molecule has 13 heavy (non-hydrogen) atoms. The van der Waals surface area contributed by atoms with Crippen LogP contribution in [0.25, 0.3) is 0 Å². The van der Waals surface area contributed by atoms with Crippen molar-refractivity contribution in [2.75, 3.05) is 0 Å². The van der Waals surface area contributed by atoms with Gasteiger partial charge < -0.3 is 4.74 Å². The maximum absolute atomic E-state index is 11.2. The molecule has 1 heterocycles. The fraction of sp³-hybridized carbons (Fsp3) is 0.600. The quantitative estimate of drug-likeness (QED) is 0.379. The SMILES string of the molecule is CC=CC(CC)C1CC(=O)OC1=O. The molecule has 3 nitrogen and oxygen atoms in total. The monoisotopic (exact) mass is 182 g/mol. The molecular weight excluding hydrogens is 168 g/mol. The summed E-state index contributed by atoms with van der Waals surface area (Å²) in [6, 6.07) is 0. The number of carbonyl (C=O) groups is 2. The van der Waals surface area contributed by atoms with Crippen LogP contribution in [0.3, 0.4) is 0 Å². The second-order valence-corrected chi connectivity index (χ2v) is 3.20. The van der Waals surface area contributed by atoms with Gasteiger partial charge in [0.25, 0.3) is 0 Å². The van der Waals surface area contributed by atoms with Crippen molar-refractivity contribution in [3.05, 3.63) is 12.2 Å². The van der Waals surface area contributed by atoms with E-state index in [0.717, 1.165) is 6.42 Å². The largest absolute Gasteiger partial charge is 0.393 e. The van der Waals surface area contributed by atoms with Crippen LogP contribution in [-0.4, -0.2) is 11.9 Å². The molecule has 0 N–H and O–H groups in total. The van der Waals surface area contributed by atoms with E-state index in [-0.39, 0.29) is 24.2 Å². The third-order valence-corrected chi connectivity index (χ3v) is 2.33. The Bertz CT molecular complexity index is 243. The third kappa shape index (κ3) is 2.17. The van der Waals surface area contributed by atoms with Crippen molar-refractivity contribution in [3.63, 3.8) is 0 Å². The van der Waals surface area contributed by atoms with E-state index >= 15 is 0 Å². The second kappa shape index (κ2) is 4.21. The van der Waals surface area contributed by atoms with E-state index in [9.17, 15) is 9.59 Å². The van der Waals surface area contributed by atoms with Crippen LogP contribution in [0.4, 0.5) is 0 Å². The highest BCUT2D eigenvalue weighted by Crippen LogP contribution is 2.27. The van der Waals surface area contributed by atoms with Gasteiger partial charge in [0, 0.05) is 0 Å². The van der Waals surface area contributed by atoms with Gasteiger partial charge in [0.1, 0.15) is 0 Å². The smallest absolute Gasteiger partial charge is 0.317 e. The fourth-order valence-electron chi connectivity index (χ4n) is 1.62. The first-order chi connectivity index (χ1) is 6.19. The van der Waals surface area contributed by atoms with E-state index < -0.39 is 5.97 Å². The Morgan fingerprint density at radius 3 is 2.69 bits per heavy atom. The zero-order valence-corrected chi connectivity index (χ0v) is 7.95. The summed E-state index contributed by atoms with van der Waals surface area (Å²) >= 11 is 0. The van der Waals surface area contributed by atoms with Crippen LogP contribution in [0.5, 0.6) is 0 Å². The van der Waals surface area contributed by atoms with Crippen LogP contribution in [0.2, 0.25) is 0 Å². The topological polar surface area (TPSA) is 43.4 Å².